The van der Waals surface area contributed by atoms with E-state index in [1.807, 2.05) is 49.4 Å². The Bertz CT molecular complexity index is 1190. The molecule has 7 heteroatoms. The number of hydrogen-bond acceptors (Lipinski definition) is 4. The van der Waals surface area contributed by atoms with Crippen molar-refractivity contribution in [3.05, 3.63) is 71.8 Å². The molecule has 0 saturated carbocycles. The molecule has 0 unspecified atom stereocenters. The van der Waals surface area contributed by atoms with Crippen molar-refractivity contribution in [2.24, 2.45) is 0 Å². The van der Waals surface area contributed by atoms with E-state index in [0.29, 0.717) is 24.4 Å². The highest BCUT2D eigenvalue weighted by Gasteiger charge is 2.31. The molecule has 3 aromatic carbocycles. The van der Waals surface area contributed by atoms with Gasteiger partial charge in [0.15, 0.2) is 0 Å². The number of rotatable bonds is 4. The lowest BCUT2D eigenvalue weighted by Crippen LogP contribution is -2.50. The van der Waals surface area contributed by atoms with E-state index in [4.69, 9.17) is 4.74 Å². The molecule has 1 aliphatic heterocycles. The zero-order valence-corrected chi connectivity index (χ0v) is 17.9. The maximum absolute atomic E-state index is 13.1. The second-order valence-electron chi connectivity index (χ2n) is 7.35. The van der Waals surface area contributed by atoms with Crippen molar-refractivity contribution in [1.29, 1.82) is 0 Å². The van der Waals surface area contributed by atoms with E-state index in [0.717, 1.165) is 16.3 Å². The standard InChI is InChI=1S/C23H24N2O4S/c1-17-16-19(10-11-22(17)29-2)30(27,28)25-14-12-24(13-15-25)23(26)21-9-5-7-18-6-3-4-8-20(18)21/h3-11,16H,12-15H2,1-2H3. The molecule has 156 valence electrons. The quantitative estimate of drug-likeness (QED) is 0.645. The molecule has 1 saturated heterocycles. The fraction of sp³-hybridized carbons (Fsp3) is 0.261. The first kappa shape index (κ1) is 20.4. The molecule has 6 nitrogen and oxygen atoms in total. The summed E-state index contributed by atoms with van der Waals surface area (Å²) in [5.41, 5.74) is 1.42. The smallest absolute Gasteiger partial charge is 0.254 e. The van der Waals surface area contributed by atoms with Gasteiger partial charge in [0.25, 0.3) is 5.91 Å². The number of nitrogens with zero attached hydrogens (tertiary/aromatic N) is 2. The second-order valence-corrected chi connectivity index (χ2v) is 9.29. The van der Waals surface area contributed by atoms with Crippen molar-refractivity contribution in [3.8, 4) is 5.75 Å². The molecule has 1 amide bonds. The van der Waals surface area contributed by atoms with Gasteiger partial charge in [0.2, 0.25) is 10.0 Å². The Kier molecular flexibility index (Phi) is 5.49. The van der Waals surface area contributed by atoms with Crippen molar-refractivity contribution >= 4 is 26.7 Å². The summed E-state index contributed by atoms with van der Waals surface area (Å²) in [6.07, 6.45) is 0. The predicted molar refractivity (Wildman–Crippen MR) is 116 cm³/mol. The van der Waals surface area contributed by atoms with Gasteiger partial charge >= 0.3 is 0 Å². The van der Waals surface area contributed by atoms with Gasteiger partial charge in [-0.05, 0) is 47.5 Å². The average molecular weight is 425 g/mol. The highest BCUT2D eigenvalue weighted by Crippen LogP contribution is 2.25. The van der Waals surface area contributed by atoms with Gasteiger partial charge in [-0.3, -0.25) is 4.79 Å². The van der Waals surface area contributed by atoms with E-state index >= 15 is 0 Å². The monoisotopic (exact) mass is 424 g/mol. The summed E-state index contributed by atoms with van der Waals surface area (Å²) in [5, 5.41) is 1.92. The van der Waals surface area contributed by atoms with Crippen LogP contribution in [0.4, 0.5) is 0 Å². The van der Waals surface area contributed by atoms with Crippen LogP contribution in [0.3, 0.4) is 0 Å². The molecule has 0 bridgehead atoms. The number of aryl methyl sites for hydroxylation is 1. The number of sulfonamides is 1. The van der Waals surface area contributed by atoms with Gasteiger partial charge in [0.1, 0.15) is 5.75 Å². The van der Waals surface area contributed by atoms with Gasteiger partial charge < -0.3 is 9.64 Å². The van der Waals surface area contributed by atoms with E-state index in [2.05, 4.69) is 0 Å². The van der Waals surface area contributed by atoms with E-state index in [9.17, 15) is 13.2 Å². The van der Waals surface area contributed by atoms with Crippen LogP contribution in [0, 0.1) is 6.92 Å². The molecule has 1 heterocycles. The Morgan fingerprint density at radius 3 is 2.33 bits per heavy atom. The topological polar surface area (TPSA) is 66.9 Å². The first-order chi connectivity index (χ1) is 14.4. The molecule has 4 rings (SSSR count). The molecule has 0 N–H and O–H groups in total. The Morgan fingerprint density at radius 2 is 1.63 bits per heavy atom. The van der Waals surface area contributed by atoms with Crippen LogP contribution in [0.15, 0.2) is 65.6 Å². The third-order valence-electron chi connectivity index (χ3n) is 5.55. The van der Waals surface area contributed by atoms with E-state index in [1.54, 1.807) is 30.2 Å². The highest BCUT2D eigenvalue weighted by molar-refractivity contribution is 7.89. The Labute approximate surface area is 176 Å². The summed E-state index contributed by atoms with van der Waals surface area (Å²) < 4.78 is 32.7. The first-order valence-corrected chi connectivity index (χ1v) is 11.3. The zero-order valence-electron chi connectivity index (χ0n) is 17.0. The number of piperazine rings is 1. The molecular weight excluding hydrogens is 400 g/mol. The van der Waals surface area contributed by atoms with Crippen LogP contribution < -0.4 is 4.74 Å². The lowest BCUT2D eigenvalue weighted by Gasteiger charge is -2.34. The van der Waals surface area contributed by atoms with Crippen LogP contribution in [0.25, 0.3) is 10.8 Å². The average Bonchev–Trinajstić information content (AvgIpc) is 2.78. The molecule has 1 fully saturated rings. The lowest BCUT2D eigenvalue weighted by molar-refractivity contribution is 0.0700. The molecular formula is C23H24N2O4S. The third-order valence-corrected chi connectivity index (χ3v) is 7.44. The molecule has 3 aromatic rings. The summed E-state index contributed by atoms with van der Waals surface area (Å²) in [5.74, 6) is 0.587. The minimum absolute atomic E-state index is 0.0656. The number of ether oxygens (including phenoxy) is 1. The number of methoxy groups -OCH3 is 1. The maximum atomic E-state index is 13.1. The van der Waals surface area contributed by atoms with Crippen molar-refractivity contribution in [1.82, 2.24) is 9.21 Å². The van der Waals surface area contributed by atoms with Crippen molar-refractivity contribution < 1.29 is 17.9 Å². The predicted octanol–water partition coefficient (Wildman–Crippen LogP) is 3.30. The Hall–Kier alpha value is -2.90. The molecule has 30 heavy (non-hydrogen) atoms. The summed E-state index contributed by atoms with van der Waals surface area (Å²) in [6, 6.07) is 18.3. The number of hydrogen-bond donors (Lipinski definition) is 0. The van der Waals surface area contributed by atoms with Crippen molar-refractivity contribution in [2.45, 2.75) is 11.8 Å². The molecule has 0 spiro atoms. The fourth-order valence-corrected chi connectivity index (χ4v) is 5.38. The number of amides is 1. The minimum Gasteiger partial charge on any atom is -0.496 e. The highest BCUT2D eigenvalue weighted by atomic mass is 32.2. The van der Waals surface area contributed by atoms with Crippen LogP contribution in [0.1, 0.15) is 15.9 Å². The van der Waals surface area contributed by atoms with Crippen LogP contribution in [0.5, 0.6) is 5.75 Å². The normalized spacial score (nSPS) is 15.3. The number of carbonyl (C=O) groups excluding carboxylic acids is 1. The molecule has 0 atom stereocenters. The van der Waals surface area contributed by atoms with Crippen LogP contribution >= 0.6 is 0 Å². The molecule has 0 aromatic heterocycles. The van der Waals surface area contributed by atoms with Crippen molar-refractivity contribution in [2.75, 3.05) is 33.3 Å². The first-order valence-electron chi connectivity index (χ1n) is 9.83. The molecule has 0 aliphatic carbocycles. The maximum Gasteiger partial charge on any atom is 0.254 e. The number of carbonyl (C=O) groups is 1. The van der Waals surface area contributed by atoms with Gasteiger partial charge in [-0.15, -0.1) is 0 Å². The molecule has 1 aliphatic rings. The van der Waals surface area contributed by atoms with Crippen molar-refractivity contribution in [3.63, 3.8) is 0 Å². The Balaban J connectivity index is 1.50. The van der Waals surface area contributed by atoms with Gasteiger partial charge in [-0.2, -0.15) is 4.31 Å². The van der Waals surface area contributed by atoms with Crippen LogP contribution in [0.2, 0.25) is 0 Å². The zero-order chi connectivity index (χ0) is 21.3. The lowest BCUT2D eigenvalue weighted by atomic mass is 10.0. The summed E-state index contributed by atoms with van der Waals surface area (Å²) in [7, 11) is -2.06. The van der Waals surface area contributed by atoms with Gasteiger partial charge in [-0.1, -0.05) is 36.4 Å². The van der Waals surface area contributed by atoms with Crippen LogP contribution in [-0.2, 0) is 10.0 Å². The summed E-state index contributed by atoms with van der Waals surface area (Å²) in [6.45, 7) is 3.07. The summed E-state index contributed by atoms with van der Waals surface area (Å²) in [4.78, 5) is 15.1. The fourth-order valence-electron chi connectivity index (χ4n) is 3.87. The summed E-state index contributed by atoms with van der Waals surface area (Å²) >= 11 is 0. The van der Waals surface area contributed by atoms with Gasteiger partial charge in [0.05, 0.1) is 12.0 Å². The Morgan fingerprint density at radius 1 is 0.933 bits per heavy atom. The molecule has 0 radical (unpaired) electrons. The second kappa shape index (κ2) is 8.08. The number of fused-ring (bicyclic) bond motifs is 1. The van der Waals surface area contributed by atoms with Crippen LogP contribution in [-0.4, -0.2) is 56.8 Å². The minimum atomic E-state index is -3.62. The largest absolute Gasteiger partial charge is 0.496 e. The van der Waals surface area contributed by atoms with E-state index < -0.39 is 10.0 Å². The van der Waals surface area contributed by atoms with Gasteiger partial charge in [-0.25, -0.2) is 8.42 Å². The third kappa shape index (κ3) is 3.66. The van der Waals surface area contributed by atoms with Gasteiger partial charge in [0, 0.05) is 31.7 Å². The van der Waals surface area contributed by atoms with E-state index in [-0.39, 0.29) is 23.9 Å². The SMILES string of the molecule is COc1ccc(S(=O)(=O)N2CCN(C(=O)c3cccc4ccccc34)CC2)cc1C. The number of benzene rings is 3. The van der Waals surface area contributed by atoms with E-state index in [1.165, 1.54) is 4.31 Å².